The minimum atomic E-state index is -4.40. The van der Waals surface area contributed by atoms with Gasteiger partial charge in [-0.15, -0.1) is 0 Å². The zero-order valence-corrected chi connectivity index (χ0v) is 14.6. The monoisotopic (exact) mass is 378 g/mol. The van der Waals surface area contributed by atoms with Crippen molar-refractivity contribution in [2.45, 2.75) is 32.4 Å². The van der Waals surface area contributed by atoms with Gasteiger partial charge in [0.1, 0.15) is 5.15 Å². The second-order valence-corrected chi connectivity index (χ2v) is 6.05. The average Bonchev–Trinajstić information content (AvgIpc) is 3.09. The van der Waals surface area contributed by atoms with Crippen molar-refractivity contribution in [2.24, 2.45) is 7.05 Å². The summed E-state index contributed by atoms with van der Waals surface area (Å²) in [5.74, 6) is -1.20. The van der Waals surface area contributed by atoms with E-state index in [2.05, 4.69) is 5.10 Å². The molecule has 2 amide bonds. The van der Waals surface area contributed by atoms with E-state index in [9.17, 15) is 22.8 Å². The molecular weight excluding hydrogens is 361 g/mol. The van der Waals surface area contributed by atoms with Crippen molar-refractivity contribution in [1.82, 2.24) is 19.8 Å². The lowest BCUT2D eigenvalue weighted by molar-refractivity contribution is -0.161. The van der Waals surface area contributed by atoms with Gasteiger partial charge in [0, 0.05) is 38.2 Å². The molecule has 0 unspecified atom stereocenters. The van der Waals surface area contributed by atoms with Crippen LogP contribution in [0.25, 0.3) is 6.08 Å². The number of carbonyl (C=O) groups excluding carboxylic acids is 2. The standard InChI is InChI=1S/C15H18ClF3N4O2/c1-10-11(14(16)21(2)20-10)4-5-12(24)22-8-3-9-23(22)13(25)6-7-15(17,18)19/h4-5H,3,6-9H2,1-2H3. The quantitative estimate of drug-likeness (QED) is 0.757. The van der Waals surface area contributed by atoms with Crippen LogP contribution >= 0.6 is 11.6 Å². The third-order valence-corrected chi connectivity index (χ3v) is 4.23. The Hall–Kier alpha value is -2.03. The Kier molecular flexibility index (Phi) is 5.76. The number of aryl methyl sites for hydroxylation is 2. The maximum absolute atomic E-state index is 12.3. The third kappa shape index (κ3) is 4.75. The highest BCUT2D eigenvalue weighted by atomic mass is 35.5. The Labute approximate surface area is 147 Å². The predicted octanol–water partition coefficient (Wildman–Crippen LogP) is 2.71. The molecule has 0 saturated carbocycles. The second-order valence-electron chi connectivity index (χ2n) is 5.69. The van der Waals surface area contributed by atoms with E-state index in [1.165, 1.54) is 16.8 Å². The molecule has 1 saturated heterocycles. The van der Waals surface area contributed by atoms with Gasteiger partial charge in [0.2, 0.25) is 5.91 Å². The molecule has 0 aromatic carbocycles. The summed E-state index contributed by atoms with van der Waals surface area (Å²) in [6.07, 6.45) is -3.03. The first-order valence-electron chi connectivity index (χ1n) is 7.66. The van der Waals surface area contributed by atoms with Crippen LogP contribution in [-0.4, -0.2) is 50.9 Å². The summed E-state index contributed by atoms with van der Waals surface area (Å²) < 4.78 is 38.2. The lowest BCUT2D eigenvalue weighted by Crippen LogP contribution is -2.44. The van der Waals surface area contributed by atoms with Crippen molar-refractivity contribution in [1.29, 1.82) is 0 Å². The normalized spacial score (nSPS) is 15.4. The molecule has 0 aliphatic carbocycles. The van der Waals surface area contributed by atoms with E-state index in [1.54, 1.807) is 14.0 Å². The Bertz CT molecular complexity index is 700. The van der Waals surface area contributed by atoms with Crippen LogP contribution in [0.4, 0.5) is 13.2 Å². The Morgan fingerprint density at radius 3 is 2.48 bits per heavy atom. The lowest BCUT2D eigenvalue weighted by atomic mass is 10.2. The molecule has 6 nitrogen and oxygen atoms in total. The van der Waals surface area contributed by atoms with Gasteiger partial charge in [-0.1, -0.05) is 11.6 Å². The fourth-order valence-electron chi connectivity index (χ4n) is 2.55. The van der Waals surface area contributed by atoms with Gasteiger partial charge in [0.25, 0.3) is 5.91 Å². The largest absolute Gasteiger partial charge is 0.389 e. The highest BCUT2D eigenvalue weighted by Crippen LogP contribution is 2.24. The van der Waals surface area contributed by atoms with Crippen LogP contribution in [-0.2, 0) is 16.6 Å². The summed E-state index contributed by atoms with van der Waals surface area (Å²) >= 11 is 6.07. The van der Waals surface area contributed by atoms with Crippen LogP contribution in [0.15, 0.2) is 6.08 Å². The van der Waals surface area contributed by atoms with Gasteiger partial charge < -0.3 is 0 Å². The van der Waals surface area contributed by atoms with Crippen molar-refractivity contribution in [3.8, 4) is 0 Å². The molecule has 0 radical (unpaired) electrons. The number of carbonyl (C=O) groups is 2. The molecule has 25 heavy (non-hydrogen) atoms. The number of hydrogen-bond acceptors (Lipinski definition) is 3. The lowest BCUT2D eigenvalue weighted by Gasteiger charge is -2.27. The first-order chi connectivity index (χ1) is 11.6. The van der Waals surface area contributed by atoms with E-state index in [1.807, 2.05) is 0 Å². The molecule has 2 rings (SSSR count). The molecule has 1 aliphatic rings. The summed E-state index contributed by atoms with van der Waals surface area (Å²) in [5.41, 5.74) is 1.21. The minimum Gasteiger partial charge on any atom is -0.273 e. The SMILES string of the molecule is Cc1nn(C)c(Cl)c1C=CC(=O)N1CCCN1C(=O)CCC(F)(F)F. The Morgan fingerprint density at radius 2 is 1.92 bits per heavy atom. The van der Waals surface area contributed by atoms with Crippen LogP contribution in [0.5, 0.6) is 0 Å². The van der Waals surface area contributed by atoms with E-state index in [4.69, 9.17) is 11.6 Å². The molecule has 10 heteroatoms. The van der Waals surface area contributed by atoms with Crippen molar-refractivity contribution < 1.29 is 22.8 Å². The van der Waals surface area contributed by atoms with Crippen molar-refractivity contribution in [3.63, 3.8) is 0 Å². The summed E-state index contributed by atoms with van der Waals surface area (Å²) in [5, 5.41) is 6.72. The number of hydrazine groups is 1. The molecule has 1 aromatic heterocycles. The van der Waals surface area contributed by atoms with E-state index in [0.29, 0.717) is 22.8 Å². The van der Waals surface area contributed by atoms with Gasteiger partial charge in [-0.2, -0.15) is 18.3 Å². The molecule has 0 bridgehead atoms. The molecule has 1 fully saturated rings. The number of hydrogen-bond donors (Lipinski definition) is 0. The predicted molar refractivity (Wildman–Crippen MR) is 85.3 cm³/mol. The minimum absolute atomic E-state index is 0.225. The maximum atomic E-state index is 12.3. The highest BCUT2D eigenvalue weighted by molar-refractivity contribution is 6.31. The number of aromatic nitrogens is 2. The number of rotatable bonds is 4. The number of alkyl halides is 3. The van der Waals surface area contributed by atoms with Gasteiger partial charge in [-0.3, -0.25) is 19.3 Å². The zero-order valence-electron chi connectivity index (χ0n) is 13.8. The second kappa shape index (κ2) is 7.47. The first kappa shape index (κ1) is 19.3. The zero-order chi connectivity index (χ0) is 18.8. The van der Waals surface area contributed by atoms with Crippen LogP contribution < -0.4 is 0 Å². The van der Waals surface area contributed by atoms with Gasteiger partial charge in [-0.05, 0) is 19.4 Å². The van der Waals surface area contributed by atoms with Crippen LogP contribution in [0.3, 0.4) is 0 Å². The van der Waals surface area contributed by atoms with Crippen molar-refractivity contribution in [2.75, 3.05) is 13.1 Å². The van der Waals surface area contributed by atoms with Crippen molar-refractivity contribution in [3.05, 3.63) is 22.5 Å². The smallest absolute Gasteiger partial charge is 0.273 e. The van der Waals surface area contributed by atoms with Gasteiger partial charge in [-0.25, -0.2) is 5.01 Å². The van der Waals surface area contributed by atoms with Gasteiger partial charge >= 0.3 is 6.18 Å². The molecule has 2 heterocycles. The van der Waals surface area contributed by atoms with Crippen LogP contribution in [0, 0.1) is 6.92 Å². The fourth-order valence-corrected chi connectivity index (χ4v) is 2.79. The summed E-state index contributed by atoms with van der Waals surface area (Å²) in [6.45, 7) is 2.24. The number of amides is 2. The first-order valence-corrected chi connectivity index (χ1v) is 8.03. The van der Waals surface area contributed by atoms with Crippen LogP contribution in [0.2, 0.25) is 5.15 Å². The van der Waals surface area contributed by atoms with Gasteiger partial charge in [0.15, 0.2) is 0 Å². The van der Waals surface area contributed by atoms with Crippen molar-refractivity contribution >= 4 is 29.5 Å². The maximum Gasteiger partial charge on any atom is 0.389 e. The molecule has 0 spiro atoms. The number of nitrogens with zero attached hydrogens (tertiary/aromatic N) is 4. The molecule has 1 aliphatic heterocycles. The van der Waals surface area contributed by atoms with E-state index >= 15 is 0 Å². The Morgan fingerprint density at radius 1 is 1.28 bits per heavy atom. The molecule has 0 atom stereocenters. The summed E-state index contributed by atoms with van der Waals surface area (Å²) in [7, 11) is 1.66. The van der Waals surface area contributed by atoms with E-state index < -0.39 is 30.8 Å². The molecule has 138 valence electrons. The topological polar surface area (TPSA) is 58.4 Å². The molecule has 0 N–H and O–H groups in total. The summed E-state index contributed by atoms with van der Waals surface area (Å²) in [6, 6.07) is 0. The number of halogens is 4. The summed E-state index contributed by atoms with van der Waals surface area (Å²) in [4.78, 5) is 24.3. The third-order valence-electron chi connectivity index (χ3n) is 3.78. The Balaban J connectivity index is 2.05. The average molecular weight is 379 g/mol. The fraction of sp³-hybridized carbons (Fsp3) is 0.533. The molecule has 1 aromatic rings. The molecular formula is C15H18ClF3N4O2. The highest BCUT2D eigenvalue weighted by Gasteiger charge is 2.33. The van der Waals surface area contributed by atoms with E-state index in [0.717, 1.165) is 10.0 Å². The van der Waals surface area contributed by atoms with E-state index in [-0.39, 0.29) is 13.1 Å². The van der Waals surface area contributed by atoms with Gasteiger partial charge in [0.05, 0.1) is 12.1 Å². The van der Waals surface area contributed by atoms with Crippen LogP contribution in [0.1, 0.15) is 30.5 Å².